The molecular weight excluding hydrogens is 222 g/mol. The van der Waals surface area contributed by atoms with Crippen LogP contribution in [-0.2, 0) is 0 Å². The highest BCUT2D eigenvalue weighted by Crippen LogP contribution is 2.27. The molecule has 0 amide bonds. The minimum atomic E-state index is 0.692. The Labute approximate surface area is 105 Å². The standard InChI is InChI=1S/C16H11NO/c18-11-12-4-6-14(7-5-12)15-3-1-2-13-8-9-17-10-16(13)15/h1-11H. The van der Waals surface area contributed by atoms with Crippen molar-refractivity contribution in [2.45, 2.75) is 0 Å². The van der Waals surface area contributed by atoms with Crippen molar-refractivity contribution in [3.05, 3.63) is 66.5 Å². The lowest BCUT2D eigenvalue weighted by Crippen LogP contribution is -1.84. The number of hydrogen-bond donors (Lipinski definition) is 0. The summed E-state index contributed by atoms with van der Waals surface area (Å²) in [6.45, 7) is 0. The van der Waals surface area contributed by atoms with Gasteiger partial charge in [0.1, 0.15) is 6.29 Å². The molecule has 1 heterocycles. The summed E-state index contributed by atoms with van der Waals surface area (Å²) < 4.78 is 0. The zero-order chi connectivity index (χ0) is 12.4. The SMILES string of the molecule is O=Cc1ccc(-c2cccc3ccncc23)cc1. The number of nitrogens with zero attached hydrogens (tertiary/aromatic N) is 1. The minimum absolute atomic E-state index is 0.692. The summed E-state index contributed by atoms with van der Waals surface area (Å²) in [4.78, 5) is 14.8. The molecule has 0 aliphatic rings. The lowest BCUT2D eigenvalue weighted by molar-refractivity contribution is 0.112. The van der Waals surface area contributed by atoms with Crippen LogP contribution in [0.1, 0.15) is 10.4 Å². The fourth-order valence-electron chi connectivity index (χ4n) is 2.11. The number of fused-ring (bicyclic) bond motifs is 1. The molecule has 2 aromatic carbocycles. The van der Waals surface area contributed by atoms with E-state index in [0.29, 0.717) is 5.56 Å². The van der Waals surface area contributed by atoms with Gasteiger partial charge in [0.15, 0.2) is 0 Å². The van der Waals surface area contributed by atoms with Crippen LogP contribution in [0.5, 0.6) is 0 Å². The Morgan fingerprint density at radius 2 is 1.78 bits per heavy atom. The van der Waals surface area contributed by atoms with Gasteiger partial charge in [0, 0.05) is 23.3 Å². The highest BCUT2D eigenvalue weighted by Gasteiger charge is 2.03. The van der Waals surface area contributed by atoms with Gasteiger partial charge >= 0.3 is 0 Å². The molecule has 0 bridgehead atoms. The minimum Gasteiger partial charge on any atom is -0.298 e. The number of carbonyl (C=O) groups is 1. The van der Waals surface area contributed by atoms with Crippen LogP contribution in [0.15, 0.2) is 60.9 Å². The van der Waals surface area contributed by atoms with Crippen LogP contribution in [0.4, 0.5) is 0 Å². The van der Waals surface area contributed by atoms with E-state index in [0.717, 1.165) is 22.8 Å². The van der Waals surface area contributed by atoms with Crippen molar-refractivity contribution in [1.29, 1.82) is 0 Å². The number of aldehydes is 1. The zero-order valence-corrected chi connectivity index (χ0v) is 9.71. The van der Waals surface area contributed by atoms with Crippen molar-refractivity contribution in [3.8, 4) is 11.1 Å². The molecule has 0 N–H and O–H groups in total. The molecule has 0 spiro atoms. The second-order valence-corrected chi connectivity index (χ2v) is 4.14. The highest BCUT2D eigenvalue weighted by molar-refractivity contribution is 5.96. The van der Waals surface area contributed by atoms with Crippen molar-refractivity contribution in [1.82, 2.24) is 4.98 Å². The average molecular weight is 233 g/mol. The number of benzene rings is 2. The third kappa shape index (κ3) is 1.78. The van der Waals surface area contributed by atoms with Crippen LogP contribution in [-0.4, -0.2) is 11.3 Å². The summed E-state index contributed by atoms with van der Waals surface area (Å²) in [6.07, 6.45) is 4.52. The van der Waals surface area contributed by atoms with Gasteiger partial charge in [-0.1, -0.05) is 42.5 Å². The van der Waals surface area contributed by atoms with Crippen LogP contribution >= 0.6 is 0 Å². The maximum atomic E-state index is 10.7. The Balaban J connectivity index is 2.21. The van der Waals surface area contributed by atoms with E-state index in [1.54, 1.807) is 6.20 Å². The molecule has 0 aliphatic heterocycles. The molecule has 18 heavy (non-hydrogen) atoms. The molecule has 0 aliphatic carbocycles. The monoisotopic (exact) mass is 233 g/mol. The third-order valence-electron chi connectivity index (χ3n) is 3.04. The van der Waals surface area contributed by atoms with E-state index in [1.165, 1.54) is 5.39 Å². The number of aromatic nitrogens is 1. The van der Waals surface area contributed by atoms with Gasteiger partial charge in [-0.25, -0.2) is 0 Å². The van der Waals surface area contributed by atoms with Crippen molar-refractivity contribution >= 4 is 17.1 Å². The van der Waals surface area contributed by atoms with Crippen LogP contribution in [0.2, 0.25) is 0 Å². The Bertz CT molecular complexity index is 696. The molecule has 0 fully saturated rings. The topological polar surface area (TPSA) is 30.0 Å². The summed E-state index contributed by atoms with van der Waals surface area (Å²) in [5.74, 6) is 0. The first-order valence-electron chi connectivity index (χ1n) is 5.77. The van der Waals surface area contributed by atoms with E-state index in [4.69, 9.17) is 0 Å². The first kappa shape index (κ1) is 10.7. The van der Waals surface area contributed by atoms with E-state index in [1.807, 2.05) is 42.6 Å². The predicted octanol–water partition coefficient (Wildman–Crippen LogP) is 3.71. The van der Waals surface area contributed by atoms with Crippen molar-refractivity contribution in [2.75, 3.05) is 0 Å². The summed E-state index contributed by atoms with van der Waals surface area (Å²) in [6, 6.07) is 15.8. The number of carbonyl (C=O) groups excluding carboxylic acids is 1. The maximum Gasteiger partial charge on any atom is 0.150 e. The van der Waals surface area contributed by atoms with Gasteiger partial charge in [-0.2, -0.15) is 0 Å². The molecule has 3 aromatic rings. The summed E-state index contributed by atoms with van der Waals surface area (Å²) in [7, 11) is 0. The zero-order valence-electron chi connectivity index (χ0n) is 9.71. The van der Waals surface area contributed by atoms with Gasteiger partial charge in [-0.3, -0.25) is 9.78 Å². The fourth-order valence-corrected chi connectivity index (χ4v) is 2.11. The van der Waals surface area contributed by atoms with Crippen LogP contribution < -0.4 is 0 Å². The van der Waals surface area contributed by atoms with Crippen LogP contribution in [0.25, 0.3) is 21.9 Å². The smallest absolute Gasteiger partial charge is 0.150 e. The van der Waals surface area contributed by atoms with Crippen LogP contribution in [0.3, 0.4) is 0 Å². The Kier molecular flexibility index (Phi) is 2.61. The highest BCUT2D eigenvalue weighted by atomic mass is 16.1. The third-order valence-corrected chi connectivity index (χ3v) is 3.04. The molecule has 0 radical (unpaired) electrons. The predicted molar refractivity (Wildman–Crippen MR) is 72.6 cm³/mol. The van der Waals surface area contributed by atoms with E-state index in [9.17, 15) is 4.79 Å². The molecule has 0 saturated carbocycles. The summed E-state index contributed by atoms with van der Waals surface area (Å²) >= 11 is 0. The van der Waals surface area contributed by atoms with Crippen LogP contribution in [0, 0.1) is 0 Å². The van der Waals surface area contributed by atoms with E-state index in [-0.39, 0.29) is 0 Å². The lowest BCUT2D eigenvalue weighted by Gasteiger charge is -2.06. The number of rotatable bonds is 2. The average Bonchev–Trinajstić information content (AvgIpc) is 2.47. The lowest BCUT2D eigenvalue weighted by atomic mass is 9.99. The quantitative estimate of drug-likeness (QED) is 0.631. The second kappa shape index (κ2) is 4.41. The molecule has 2 nitrogen and oxygen atoms in total. The van der Waals surface area contributed by atoms with Gasteiger partial charge in [-0.15, -0.1) is 0 Å². The van der Waals surface area contributed by atoms with Gasteiger partial charge < -0.3 is 0 Å². The molecule has 0 atom stereocenters. The first-order valence-corrected chi connectivity index (χ1v) is 5.77. The molecule has 0 saturated heterocycles. The van der Waals surface area contributed by atoms with Crippen molar-refractivity contribution in [3.63, 3.8) is 0 Å². The first-order chi connectivity index (χ1) is 8.88. The van der Waals surface area contributed by atoms with E-state index in [2.05, 4.69) is 17.1 Å². The normalized spacial score (nSPS) is 10.4. The van der Waals surface area contributed by atoms with Crippen molar-refractivity contribution in [2.24, 2.45) is 0 Å². The van der Waals surface area contributed by atoms with E-state index >= 15 is 0 Å². The molecular formula is C16H11NO. The summed E-state index contributed by atoms with van der Waals surface area (Å²) in [5.41, 5.74) is 2.93. The fraction of sp³-hybridized carbons (Fsp3) is 0. The van der Waals surface area contributed by atoms with Gasteiger partial charge in [0.05, 0.1) is 0 Å². The van der Waals surface area contributed by atoms with Crippen molar-refractivity contribution < 1.29 is 4.79 Å². The number of pyridine rings is 1. The molecule has 2 heteroatoms. The largest absolute Gasteiger partial charge is 0.298 e. The second-order valence-electron chi connectivity index (χ2n) is 4.14. The Morgan fingerprint density at radius 1 is 0.944 bits per heavy atom. The Hall–Kier alpha value is -2.48. The molecule has 86 valence electrons. The van der Waals surface area contributed by atoms with Gasteiger partial charge in [-0.05, 0) is 22.6 Å². The molecule has 0 unspecified atom stereocenters. The molecule has 3 rings (SSSR count). The maximum absolute atomic E-state index is 10.7. The molecule has 1 aromatic heterocycles. The van der Waals surface area contributed by atoms with Gasteiger partial charge in [0.25, 0.3) is 0 Å². The summed E-state index contributed by atoms with van der Waals surface area (Å²) in [5, 5.41) is 2.29. The van der Waals surface area contributed by atoms with Gasteiger partial charge in [0.2, 0.25) is 0 Å². The van der Waals surface area contributed by atoms with E-state index < -0.39 is 0 Å². The number of hydrogen-bond acceptors (Lipinski definition) is 2. The Morgan fingerprint density at radius 3 is 2.56 bits per heavy atom.